The third-order valence-corrected chi connectivity index (χ3v) is 7.52. The van der Waals surface area contributed by atoms with Crippen molar-refractivity contribution in [2.45, 2.75) is 25.5 Å². The van der Waals surface area contributed by atoms with Crippen LogP contribution in [0, 0.1) is 25.2 Å². The first-order valence-electron chi connectivity index (χ1n) is 10.8. The molecule has 0 spiro atoms. The number of anilines is 2. The Labute approximate surface area is 218 Å². The van der Waals surface area contributed by atoms with Crippen molar-refractivity contribution in [1.29, 1.82) is 5.26 Å². The second kappa shape index (κ2) is 10.6. The summed E-state index contributed by atoms with van der Waals surface area (Å²) < 4.78 is 0. The lowest BCUT2D eigenvalue weighted by Crippen LogP contribution is -2.31. The highest BCUT2D eigenvalue weighted by Crippen LogP contribution is 2.42. The summed E-state index contributed by atoms with van der Waals surface area (Å²) in [5, 5.41) is 13.6. The Hall–Kier alpha value is -3.24. The molecule has 1 aliphatic heterocycles. The molecule has 176 valence electrons. The fraction of sp³-hybridized carbons (Fsp3) is 0.148. The summed E-state index contributed by atoms with van der Waals surface area (Å²) in [5.74, 6) is -0.803. The van der Waals surface area contributed by atoms with Crippen LogP contribution in [0.3, 0.4) is 0 Å². The van der Waals surface area contributed by atoms with Crippen LogP contribution in [-0.2, 0) is 16.0 Å². The zero-order valence-corrected chi connectivity index (χ0v) is 21.3. The smallest absolute Gasteiger partial charge is 0.269 e. The van der Waals surface area contributed by atoms with E-state index in [1.54, 1.807) is 42.5 Å². The molecule has 0 saturated carbocycles. The van der Waals surface area contributed by atoms with Crippen LogP contribution >= 0.6 is 35.0 Å². The van der Waals surface area contributed by atoms with Crippen LogP contribution in [0.1, 0.15) is 16.7 Å². The van der Waals surface area contributed by atoms with Crippen molar-refractivity contribution in [3.05, 3.63) is 104 Å². The molecule has 5 nitrogen and oxygen atoms in total. The molecule has 3 aromatic rings. The molecule has 0 radical (unpaired) electrons. The lowest BCUT2D eigenvalue weighted by atomic mass is 10.1. The predicted octanol–water partition coefficient (Wildman–Crippen LogP) is 6.68. The maximum atomic E-state index is 13.6. The molecule has 1 heterocycles. The van der Waals surface area contributed by atoms with Gasteiger partial charge in [0.15, 0.2) is 0 Å². The number of nitrogens with zero attached hydrogens (tertiary/aromatic N) is 2. The fourth-order valence-corrected chi connectivity index (χ4v) is 5.57. The number of thioether (sulfide) groups is 1. The average Bonchev–Trinajstić information content (AvgIpc) is 3.15. The van der Waals surface area contributed by atoms with Gasteiger partial charge >= 0.3 is 0 Å². The molecule has 0 bridgehead atoms. The van der Waals surface area contributed by atoms with Gasteiger partial charge in [0.25, 0.3) is 5.91 Å². The maximum absolute atomic E-state index is 13.6. The first-order valence-corrected chi connectivity index (χ1v) is 12.4. The Bertz CT molecular complexity index is 1360. The van der Waals surface area contributed by atoms with Crippen LogP contribution in [0.25, 0.3) is 0 Å². The maximum Gasteiger partial charge on any atom is 0.269 e. The Balaban J connectivity index is 1.75. The number of benzene rings is 3. The second-order valence-corrected chi connectivity index (χ2v) is 10.1. The van der Waals surface area contributed by atoms with Gasteiger partial charge in [-0.1, -0.05) is 71.4 Å². The van der Waals surface area contributed by atoms with Gasteiger partial charge in [0, 0.05) is 21.4 Å². The number of nitriles is 1. The van der Waals surface area contributed by atoms with Crippen LogP contribution < -0.4 is 10.2 Å². The molecule has 1 fully saturated rings. The highest BCUT2D eigenvalue weighted by atomic mass is 35.5. The van der Waals surface area contributed by atoms with E-state index in [0.29, 0.717) is 27.8 Å². The molecular formula is C27H21Cl2N3O2S. The summed E-state index contributed by atoms with van der Waals surface area (Å²) in [5.41, 5.74) is 3.57. The Morgan fingerprint density at radius 1 is 1.06 bits per heavy atom. The standard InChI is InChI=1S/C27H21Cl2N3O2S/c1-16-7-6-8-17(2)24(16)31-25(33)21(15-30)27-32(20-9-4-3-5-10-20)26(34)23(35-27)14-18-13-19(28)11-12-22(18)29/h3-13,23H,14H2,1-2H3,(H,31,33)/b27-21+. The molecule has 4 rings (SSSR count). The molecule has 1 saturated heterocycles. The summed E-state index contributed by atoms with van der Waals surface area (Å²) in [6, 6.07) is 21.8. The lowest BCUT2D eigenvalue weighted by molar-refractivity contribution is -0.117. The van der Waals surface area contributed by atoms with E-state index >= 15 is 0 Å². The summed E-state index contributed by atoms with van der Waals surface area (Å²) in [4.78, 5) is 28.3. The quantitative estimate of drug-likeness (QED) is 0.300. The molecule has 0 aromatic heterocycles. The molecule has 1 aliphatic rings. The molecule has 1 unspecified atom stereocenters. The third kappa shape index (κ3) is 5.23. The normalized spacial score (nSPS) is 16.7. The van der Waals surface area contributed by atoms with E-state index in [1.807, 2.05) is 44.2 Å². The number of amides is 2. The minimum absolute atomic E-state index is 0.130. The highest BCUT2D eigenvalue weighted by molar-refractivity contribution is 8.05. The van der Waals surface area contributed by atoms with Gasteiger partial charge < -0.3 is 5.32 Å². The molecule has 35 heavy (non-hydrogen) atoms. The Morgan fingerprint density at radius 3 is 2.40 bits per heavy atom. The van der Waals surface area contributed by atoms with E-state index < -0.39 is 11.2 Å². The zero-order valence-electron chi connectivity index (χ0n) is 19.0. The number of nitrogens with one attached hydrogen (secondary N) is 1. The van der Waals surface area contributed by atoms with Crippen molar-refractivity contribution >= 4 is 58.2 Å². The highest BCUT2D eigenvalue weighted by Gasteiger charge is 2.41. The summed E-state index contributed by atoms with van der Waals surface area (Å²) in [6.07, 6.45) is 0.299. The zero-order chi connectivity index (χ0) is 25.1. The molecule has 3 aromatic carbocycles. The SMILES string of the molecule is Cc1cccc(C)c1NC(=O)/C(C#N)=C1/SC(Cc2cc(Cl)ccc2Cl)C(=O)N1c1ccccc1. The number of halogens is 2. The van der Waals surface area contributed by atoms with Crippen LogP contribution in [0.15, 0.2) is 77.3 Å². The van der Waals surface area contributed by atoms with E-state index in [4.69, 9.17) is 23.2 Å². The summed E-state index contributed by atoms with van der Waals surface area (Å²) in [7, 11) is 0. The molecule has 0 aliphatic carbocycles. The summed E-state index contributed by atoms with van der Waals surface area (Å²) >= 11 is 13.7. The van der Waals surface area contributed by atoms with Gasteiger partial charge in [0.1, 0.15) is 16.7 Å². The molecular weight excluding hydrogens is 501 g/mol. The fourth-order valence-electron chi connectivity index (χ4n) is 3.89. The number of carbonyl (C=O) groups is 2. The molecule has 2 amide bonds. The predicted molar refractivity (Wildman–Crippen MR) is 143 cm³/mol. The minimum Gasteiger partial charge on any atom is -0.321 e. The Kier molecular flexibility index (Phi) is 7.51. The van der Waals surface area contributed by atoms with Crippen molar-refractivity contribution in [3.8, 4) is 6.07 Å². The van der Waals surface area contributed by atoms with Gasteiger partial charge in [0.2, 0.25) is 5.91 Å². The largest absolute Gasteiger partial charge is 0.321 e. The van der Waals surface area contributed by atoms with Gasteiger partial charge in [-0.05, 0) is 67.3 Å². The van der Waals surface area contributed by atoms with E-state index in [9.17, 15) is 14.9 Å². The van der Waals surface area contributed by atoms with Crippen molar-refractivity contribution in [2.24, 2.45) is 0 Å². The average molecular weight is 522 g/mol. The van der Waals surface area contributed by atoms with E-state index in [2.05, 4.69) is 5.32 Å². The van der Waals surface area contributed by atoms with Crippen LogP contribution in [0.4, 0.5) is 11.4 Å². The minimum atomic E-state index is -0.586. The van der Waals surface area contributed by atoms with Gasteiger partial charge in [-0.25, -0.2) is 0 Å². The van der Waals surface area contributed by atoms with E-state index in [0.717, 1.165) is 16.7 Å². The topological polar surface area (TPSA) is 73.2 Å². The number of carbonyl (C=O) groups excluding carboxylic acids is 2. The first-order chi connectivity index (χ1) is 16.8. The Morgan fingerprint density at radius 2 is 1.74 bits per heavy atom. The first kappa shape index (κ1) is 24.9. The van der Waals surface area contributed by atoms with E-state index in [-0.39, 0.29) is 16.5 Å². The number of hydrogen-bond acceptors (Lipinski definition) is 4. The van der Waals surface area contributed by atoms with Crippen molar-refractivity contribution < 1.29 is 9.59 Å². The van der Waals surface area contributed by atoms with Crippen LogP contribution in [-0.4, -0.2) is 17.1 Å². The van der Waals surface area contributed by atoms with Crippen molar-refractivity contribution in [2.75, 3.05) is 10.2 Å². The summed E-state index contributed by atoms with van der Waals surface area (Å²) in [6.45, 7) is 3.77. The molecule has 1 atom stereocenters. The number of aryl methyl sites for hydroxylation is 2. The van der Waals surface area contributed by atoms with Crippen LogP contribution in [0.5, 0.6) is 0 Å². The van der Waals surface area contributed by atoms with Gasteiger partial charge in [-0.2, -0.15) is 5.26 Å². The van der Waals surface area contributed by atoms with Gasteiger partial charge in [-0.3, -0.25) is 14.5 Å². The molecule has 1 N–H and O–H groups in total. The van der Waals surface area contributed by atoms with Crippen molar-refractivity contribution in [1.82, 2.24) is 0 Å². The third-order valence-electron chi connectivity index (χ3n) is 5.65. The monoisotopic (exact) mass is 521 g/mol. The number of hydrogen-bond donors (Lipinski definition) is 1. The number of rotatable bonds is 5. The van der Waals surface area contributed by atoms with Gasteiger partial charge in [-0.15, -0.1) is 0 Å². The van der Waals surface area contributed by atoms with E-state index in [1.165, 1.54) is 16.7 Å². The van der Waals surface area contributed by atoms with Crippen LogP contribution in [0.2, 0.25) is 10.0 Å². The molecule has 8 heteroatoms. The number of para-hydroxylation sites is 2. The van der Waals surface area contributed by atoms with Gasteiger partial charge in [0.05, 0.1) is 5.25 Å². The second-order valence-electron chi connectivity index (χ2n) is 8.07. The lowest BCUT2D eigenvalue weighted by Gasteiger charge is -2.19. The van der Waals surface area contributed by atoms with Crippen molar-refractivity contribution in [3.63, 3.8) is 0 Å².